The first-order chi connectivity index (χ1) is 9.74. The van der Waals surface area contributed by atoms with Crippen molar-refractivity contribution in [3.05, 3.63) is 65.3 Å². The molecule has 0 amide bonds. The Kier molecular flexibility index (Phi) is 3.48. The van der Waals surface area contributed by atoms with Crippen molar-refractivity contribution in [3.8, 4) is 22.5 Å². The van der Waals surface area contributed by atoms with Crippen LogP contribution in [0.1, 0.15) is 0 Å². The first kappa shape index (κ1) is 12.8. The molecule has 0 spiro atoms. The molecule has 0 aliphatic carbocycles. The van der Waals surface area contributed by atoms with E-state index in [2.05, 4.69) is 50.2 Å². The number of rotatable bonds is 2. The van der Waals surface area contributed by atoms with Crippen molar-refractivity contribution < 1.29 is 0 Å². The van der Waals surface area contributed by atoms with Gasteiger partial charge in [0.25, 0.3) is 0 Å². The molecule has 4 heteroatoms. The van der Waals surface area contributed by atoms with Crippen LogP contribution in [-0.4, -0.2) is 9.97 Å². The summed E-state index contributed by atoms with van der Waals surface area (Å²) in [5.41, 5.74) is 9.09. The molecule has 3 nitrogen and oxygen atoms in total. The van der Waals surface area contributed by atoms with E-state index >= 15 is 0 Å². The summed E-state index contributed by atoms with van der Waals surface area (Å²) >= 11 is 3.29. The molecule has 0 saturated carbocycles. The van der Waals surface area contributed by atoms with Crippen molar-refractivity contribution in [3.63, 3.8) is 0 Å². The van der Waals surface area contributed by atoms with Crippen LogP contribution >= 0.6 is 15.9 Å². The van der Waals surface area contributed by atoms with E-state index in [9.17, 15) is 0 Å². The van der Waals surface area contributed by atoms with Crippen molar-refractivity contribution in [2.24, 2.45) is 0 Å². The Labute approximate surface area is 125 Å². The van der Waals surface area contributed by atoms with Crippen LogP contribution in [-0.2, 0) is 0 Å². The number of halogens is 1. The quantitative estimate of drug-likeness (QED) is 0.769. The first-order valence-electron chi connectivity index (χ1n) is 6.18. The predicted molar refractivity (Wildman–Crippen MR) is 85.0 cm³/mol. The monoisotopic (exact) mass is 325 g/mol. The van der Waals surface area contributed by atoms with Gasteiger partial charge < -0.3 is 5.73 Å². The third kappa shape index (κ3) is 2.56. The van der Waals surface area contributed by atoms with Crippen LogP contribution in [0.5, 0.6) is 0 Å². The fourth-order valence-corrected chi connectivity index (χ4v) is 2.15. The van der Waals surface area contributed by atoms with Crippen molar-refractivity contribution >= 4 is 21.7 Å². The predicted octanol–water partition coefficient (Wildman–Crippen LogP) is 4.16. The third-order valence-electron chi connectivity index (χ3n) is 3.02. The molecule has 98 valence electrons. The largest absolute Gasteiger partial charge is 0.383 e. The summed E-state index contributed by atoms with van der Waals surface area (Å²) in [7, 11) is 0. The summed E-state index contributed by atoms with van der Waals surface area (Å²) in [5.74, 6) is 1.08. The summed E-state index contributed by atoms with van der Waals surface area (Å²) in [5, 5.41) is 0. The number of aromatic nitrogens is 2. The molecular weight excluding hydrogens is 314 g/mol. The average molecular weight is 326 g/mol. The van der Waals surface area contributed by atoms with Gasteiger partial charge in [-0.05, 0) is 27.1 Å². The fourth-order valence-electron chi connectivity index (χ4n) is 1.96. The molecule has 1 heterocycles. The van der Waals surface area contributed by atoms with Crippen LogP contribution in [0.2, 0.25) is 0 Å². The lowest BCUT2D eigenvalue weighted by atomic mass is 10.0. The number of nitrogens with two attached hydrogens (primary N) is 1. The van der Waals surface area contributed by atoms with E-state index in [0.717, 1.165) is 5.56 Å². The van der Waals surface area contributed by atoms with E-state index in [1.54, 1.807) is 6.20 Å². The standard InChI is InChI=1S/C16H12BrN3/c17-14-10-19-16(20-15(14)18)13-8-6-12(7-9-13)11-4-2-1-3-5-11/h1-10H,(H2,18,19,20). The number of nitrogens with zero attached hydrogens (tertiary/aromatic N) is 2. The lowest BCUT2D eigenvalue weighted by Crippen LogP contribution is -1.96. The molecule has 0 fully saturated rings. The molecule has 20 heavy (non-hydrogen) atoms. The van der Waals surface area contributed by atoms with E-state index < -0.39 is 0 Å². The number of benzene rings is 2. The Hall–Kier alpha value is -2.20. The van der Waals surface area contributed by atoms with Crippen LogP contribution in [0.4, 0.5) is 5.82 Å². The smallest absolute Gasteiger partial charge is 0.161 e. The minimum atomic E-state index is 0.446. The van der Waals surface area contributed by atoms with Gasteiger partial charge in [-0.15, -0.1) is 0 Å². The topological polar surface area (TPSA) is 51.8 Å². The maximum Gasteiger partial charge on any atom is 0.161 e. The molecule has 0 saturated heterocycles. The van der Waals surface area contributed by atoms with Gasteiger partial charge in [-0.1, -0.05) is 54.6 Å². The SMILES string of the molecule is Nc1nc(-c2ccc(-c3ccccc3)cc2)ncc1Br. The minimum absolute atomic E-state index is 0.446. The summed E-state index contributed by atoms with van der Waals surface area (Å²) in [4.78, 5) is 8.54. The van der Waals surface area contributed by atoms with E-state index in [1.165, 1.54) is 11.1 Å². The highest BCUT2D eigenvalue weighted by molar-refractivity contribution is 9.10. The van der Waals surface area contributed by atoms with Crippen molar-refractivity contribution in [1.29, 1.82) is 0 Å². The molecule has 2 aromatic carbocycles. The lowest BCUT2D eigenvalue weighted by Gasteiger charge is -2.05. The highest BCUT2D eigenvalue weighted by Gasteiger charge is 2.05. The van der Waals surface area contributed by atoms with Crippen LogP contribution < -0.4 is 5.73 Å². The second kappa shape index (κ2) is 5.43. The van der Waals surface area contributed by atoms with Crippen molar-refractivity contribution in [2.75, 3.05) is 5.73 Å². The van der Waals surface area contributed by atoms with E-state index in [1.807, 2.05) is 30.3 Å². The van der Waals surface area contributed by atoms with Crippen LogP contribution in [0, 0.1) is 0 Å². The molecule has 0 aliphatic rings. The molecule has 0 aliphatic heterocycles. The van der Waals surface area contributed by atoms with Crippen LogP contribution in [0.3, 0.4) is 0 Å². The van der Waals surface area contributed by atoms with Crippen molar-refractivity contribution in [1.82, 2.24) is 9.97 Å². The minimum Gasteiger partial charge on any atom is -0.383 e. The van der Waals surface area contributed by atoms with Gasteiger partial charge in [-0.2, -0.15) is 0 Å². The van der Waals surface area contributed by atoms with Gasteiger partial charge in [0.15, 0.2) is 5.82 Å². The number of nitrogen functional groups attached to an aromatic ring is 1. The van der Waals surface area contributed by atoms with Crippen molar-refractivity contribution in [2.45, 2.75) is 0 Å². The molecule has 0 unspecified atom stereocenters. The molecule has 3 rings (SSSR count). The van der Waals surface area contributed by atoms with E-state index in [-0.39, 0.29) is 0 Å². The molecular formula is C16H12BrN3. The zero-order valence-corrected chi connectivity index (χ0v) is 12.2. The van der Waals surface area contributed by atoms with Gasteiger partial charge in [0.05, 0.1) is 4.47 Å². The molecule has 2 N–H and O–H groups in total. The third-order valence-corrected chi connectivity index (χ3v) is 3.63. The number of hydrogen-bond donors (Lipinski definition) is 1. The van der Waals surface area contributed by atoms with E-state index in [0.29, 0.717) is 16.1 Å². The Morgan fingerprint density at radius 3 is 2.05 bits per heavy atom. The molecule has 0 bridgehead atoms. The average Bonchev–Trinajstić information content (AvgIpc) is 2.51. The summed E-state index contributed by atoms with van der Waals surface area (Å²) in [6.45, 7) is 0. The Bertz CT molecular complexity index is 724. The van der Waals surface area contributed by atoms with E-state index in [4.69, 9.17) is 5.73 Å². The molecule has 0 atom stereocenters. The summed E-state index contributed by atoms with van der Waals surface area (Å²) < 4.78 is 0.710. The Morgan fingerprint density at radius 2 is 1.40 bits per heavy atom. The molecule has 3 aromatic rings. The fraction of sp³-hybridized carbons (Fsp3) is 0. The maximum atomic E-state index is 5.78. The Morgan fingerprint density at radius 1 is 0.800 bits per heavy atom. The normalized spacial score (nSPS) is 10.4. The van der Waals surface area contributed by atoms with Crippen LogP contribution in [0.15, 0.2) is 65.3 Å². The molecule has 0 radical (unpaired) electrons. The molecule has 1 aromatic heterocycles. The first-order valence-corrected chi connectivity index (χ1v) is 6.97. The van der Waals surface area contributed by atoms with Gasteiger partial charge >= 0.3 is 0 Å². The Balaban J connectivity index is 1.95. The second-order valence-corrected chi connectivity index (χ2v) is 5.22. The highest BCUT2D eigenvalue weighted by atomic mass is 79.9. The van der Waals surface area contributed by atoms with Gasteiger partial charge in [-0.25, -0.2) is 9.97 Å². The highest BCUT2D eigenvalue weighted by Crippen LogP contribution is 2.24. The van der Waals surface area contributed by atoms with Gasteiger partial charge in [0, 0.05) is 11.8 Å². The summed E-state index contributed by atoms with van der Waals surface area (Å²) in [6, 6.07) is 18.4. The van der Waals surface area contributed by atoms with Gasteiger partial charge in [0.2, 0.25) is 0 Å². The second-order valence-electron chi connectivity index (χ2n) is 4.37. The number of anilines is 1. The zero-order chi connectivity index (χ0) is 13.9. The van der Waals surface area contributed by atoms with Gasteiger partial charge in [-0.3, -0.25) is 0 Å². The van der Waals surface area contributed by atoms with Gasteiger partial charge in [0.1, 0.15) is 5.82 Å². The van der Waals surface area contributed by atoms with Crippen LogP contribution in [0.25, 0.3) is 22.5 Å². The number of hydrogen-bond acceptors (Lipinski definition) is 3. The zero-order valence-electron chi connectivity index (χ0n) is 10.6. The maximum absolute atomic E-state index is 5.78. The lowest BCUT2D eigenvalue weighted by molar-refractivity contribution is 1.17. The summed E-state index contributed by atoms with van der Waals surface area (Å²) in [6.07, 6.45) is 1.67.